The van der Waals surface area contributed by atoms with Gasteiger partial charge in [-0.3, -0.25) is 4.68 Å². The molecule has 108 valence electrons. The third kappa shape index (κ3) is 3.35. The molecule has 0 radical (unpaired) electrons. The Bertz CT molecular complexity index is 593. The van der Waals surface area contributed by atoms with E-state index in [1.807, 2.05) is 37.7 Å². The number of hydrogen-bond acceptors (Lipinski definition) is 4. The van der Waals surface area contributed by atoms with Gasteiger partial charge in [-0.2, -0.15) is 5.10 Å². The summed E-state index contributed by atoms with van der Waals surface area (Å²) in [6.45, 7) is 3.99. The molecule has 0 aliphatic heterocycles. The van der Waals surface area contributed by atoms with Crippen LogP contribution in [0.4, 0.5) is 0 Å². The molecule has 0 saturated heterocycles. The first-order chi connectivity index (χ1) is 9.51. The number of rotatable bonds is 5. The van der Waals surface area contributed by atoms with E-state index in [2.05, 4.69) is 17.2 Å². The topological polar surface area (TPSA) is 53.1 Å². The number of nitrogens with zero attached hydrogens (tertiary/aromatic N) is 2. The summed E-state index contributed by atoms with van der Waals surface area (Å²) in [7, 11) is 3.66. The molecule has 2 N–H and O–H groups in total. The molecule has 0 aliphatic carbocycles. The Morgan fingerprint density at radius 1 is 1.40 bits per heavy atom. The van der Waals surface area contributed by atoms with Crippen molar-refractivity contribution in [2.75, 3.05) is 7.11 Å². The Morgan fingerprint density at radius 3 is 2.70 bits per heavy atom. The van der Waals surface area contributed by atoms with Gasteiger partial charge in [0.05, 0.1) is 17.8 Å². The van der Waals surface area contributed by atoms with Crippen molar-refractivity contribution in [3.05, 3.63) is 41.1 Å². The molecule has 0 fully saturated rings. The molecule has 0 bridgehead atoms. The Hall–Kier alpha value is -1.46. The number of nitrogens with two attached hydrogens (primary N) is 1. The summed E-state index contributed by atoms with van der Waals surface area (Å²) in [6.07, 6.45) is 0. The lowest BCUT2D eigenvalue weighted by Crippen LogP contribution is -2.05. The van der Waals surface area contributed by atoms with E-state index in [1.54, 1.807) is 18.9 Å². The molecular weight excluding hydrogens is 270 g/mol. The number of ether oxygens (including phenoxy) is 1. The molecule has 20 heavy (non-hydrogen) atoms. The van der Waals surface area contributed by atoms with Crippen molar-refractivity contribution in [1.82, 2.24) is 9.78 Å². The van der Waals surface area contributed by atoms with Crippen molar-refractivity contribution in [3.63, 3.8) is 0 Å². The van der Waals surface area contributed by atoms with Gasteiger partial charge in [0.15, 0.2) is 0 Å². The van der Waals surface area contributed by atoms with E-state index in [1.165, 1.54) is 0 Å². The molecule has 1 unspecified atom stereocenters. The fourth-order valence-electron chi connectivity index (χ4n) is 2.07. The minimum absolute atomic E-state index is 0.0311. The zero-order valence-electron chi connectivity index (χ0n) is 12.4. The highest BCUT2D eigenvalue weighted by Crippen LogP contribution is 2.30. The van der Waals surface area contributed by atoms with Crippen LogP contribution in [-0.2, 0) is 12.8 Å². The Morgan fingerprint density at radius 2 is 2.15 bits per heavy atom. The first-order valence-electron chi connectivity index (χ1n) is 6.57. The molecule has 0 aliphatic rings. The lowest BCUT2D eigenvalue weighted by Gasteiger charge is -2.12. The highest BCUT2D eigenvalue weighted by molar-refractivity contribution is 7.98. The molecule has 2 rings (SSSR count). The molecule has 2 aromatic rings. The summed E-state index contributed by atoms with van der Waals surface area (Å²) in [4.78, 5) is 0. The number of methoxy groups -OCH3 is 1. The fraction of sp³-hybridized carbons (Fsp3) is 0.400. The number of aromatic nitrogens is 2. The first kappa shape index (κ1) is 14.9. The van der Waals surface area contributed by atoms with Crippen LogP contribution in [0.25, 0.3) is 0 Å². The maximum absolute atomic E-state index is 5.95. The lowest BCUT2D eigenvalue weighted by molar-refractivity contribution is 0.411. The predicted molar refractivity (Wildman–Crippen MR) is 83.1 cm³/mol. The van der Waals surface area contributed by atoms with Crippen LogP contribution < -0.4 is 10.5 Å². The Balaban J connectivity index is 2.19. The maximum Gasteiger partial charge on any atom is 0.122 e. The van der Waals surface area contributed by atoms with Gasteiger partial charge in [0.1, 0.15) is 5.75 Å². The van der Waals surface area contributed by atoms with E-state index in [0.29, 0.717) is 0 Å². The normalized spacial score (nSPS) is 12.4. The molecule has 1 heterocycles. The van der Waals surface area contributed by atoms with Gasteiger partial charge < -0.3 is 10.5 Å². The van der Waals surface area contributed by atoms with Crippen molar-refractivity contribution >= 4 is 11.8 Å². The van der Waals surface area contributed by atoms with E-state index in [4.69, 9.17) is 10.5 Å². The van der Waals surface area contributed by atoms with Crippen LogP contribution >= 0.6 is 11.8 Å². The predicted octanol–water partition coefficient (Wildman–Crippen LogP) is 3.05. The van der Waals surface area contributed by atoms with E-state index >= 15 is 0 Å². The van der Waals surface area contributed by atoms with Crippen LogP contribution in [0.5, 0.6) is 5.75 Å². The quantitative estimate of drug-likeness (QED) is 0.860. The van der Waals surface area contributed by atoms with Gasteiger partial charge in [0.25, 0.3) is 0 Å². The SMILES string of the molecule is COc1ccc(C(C)N)cc1CSc1cc(C)nn1C. The molecule has 5 heteroatoms. The summed E-state index contributed by atoms with van der Waals surface area (Å²) in [5, 5.41) is 5.51. The van der Waals surface area contributed by atoms with Gasteiger partial charge in [-0.1, -0.05) is 6.07 Å². The maximum atomic E-state index is 5.95. The number of benzene rings is 1. The molecule has 1 aromatic carbocycles. The third-order valence-electron chi connectivity index (χ3n) is 3.16. The zero-order chi connectivity index (χ0) is 14.7. The largest absolute Gasteiger partial charge is 0.496 e. The minimum atomic E-state index is 0.0311. The second kappa shape index (κ2) is 6.33. The summed E-state index contributed by atoms with van der Waals surface area (Å²) in [6, 6.07) is 8.25. The smallest absolute Gasteiger partial charge is 0.122 e. The van der Waals surface area contributed by atoms with Gasteiger partial charge >= 0.3 is 0 Å². The second-order valence-electron chi connectivity index (χ2n) is 4.90. The molecule has 1 atom stereocenters. The molecule has 0 saturated carbocycles. The average molecular weight is 291 g/mol. The van der Waals surface area contributed by atoms with Crippen LogP contribution in [0.2, 0.25) is 0 Å². The summed E-state index contributed by atoms with van der Waals surface area (Å²) in [5.74, 6) is 1.74. The average Bonchev–Trinajstić information content (AvgIpc) is 2.74. The van der Waals surface area contributed by atoms with Crippen LogP contribution in [0, 0.1) is 6.92 Å². The van der Waals surface area contributed by atoms with Crippen molar-refractivity contribution in [1.29, 1.82) is 0 Å². The van der Waals surface area contributed by atoms with Crippen molar-refractivity contribution in [2.24, 2.45) is 12.8 Å². The van der Waals surface area contributed by atoms with Gasteiger partial charge in [-0.25, -0.2) is 0 Å². The van der Waals surface area contributed by atoms with E-state index in [-0.39, 0.29) is 6.04 Å². The molecular formula is C15H21N3OS. The summed E-state index contributed by atoms with van der Waals surface area (Å²) in [5.41, 5.74) is 9.27. The molecule has 4 nitrogen and oxygen atoms in total. The standard InChI is InChI=1S/C15H21N3OS/c1-10-7-15(18(3)17-10)20-9-13-8-12(11(2)16)5-6-14(13)19-4/h5-8,11H,9,16H2,1-4H3. The highest BCUT2D eigenvalue weighted by atomic mass is 32.2. The van der Waals surface area contributed by atoms with Crippen molar-refractivity contribution in [2.45, 2.75) is 30.7 Å². The Labute approximate surface area is 124 Å². The number of thioether (sulfide) groups is 1. The van der Waals surface area contributed by atoms with Crippen molar-refractivity contribution in [3.8, 4) is 5.75 Å². The fourth-order valence-corrected chi connectivity index (χ4v) is 3.08. The van der Waals surface area contributed by atoms with Crippen LogP contribution in [0.15, 0.2) is 29.3 Å². The van der Waals surface area contributed by atoms with E-state index in [9.17, 15) is 0 Å². The number of aryl methyl sites for hydroxylation is 2. The highest BCUT2D eigenvalue weighted by Gasteiger charge is 2.09. The Kier molecular flexibility index (Phi) is 4.73. The van der Waals surface area contributed by atoms with E-state index < -0.39 is 0 Å². The number of hydrogen-bond donors (Lipinski definition) is 1. The zero-order valence-corrected chi connectivity index (χ0v) is 13.2. The first-order valence-corrected chi connectivity index (χ1v) is 7.55. The molecule has 1 aromatic heterocycles. The van der Waals surface area contributed by atoms with E-state index in [0.717, 1.165) is 33.3 Å². The molecule has 0 spiro atoms. The summed E-state index contributed by atoms with van der Waals surface area (Å²) < 4.78 is 7.33. The van der Waals surface area contributed by atoms with Crippen LogP contribution in [0.1, 0.15) is 29.8 Å². The van der Waals surface area contributed by atoms with Gasteiger partial charge in [-0.05, 0) is 37.6 Å². The summed E-state index contributed by atoms with van der Waals surface area (Å²) >= 11 is 1.75. The third-order valence-corrected chi connectivity index (χ3v) is 4.30. The van der Waals surface area contributed by atoms with Gasteiger partial charge in [-0.15, -0.1) is 11.8 Å². The van der Waals surface area contributed by atoms with Crippen LogP contribution in [0.3, 0.4) is 0 Å². The van der Waals surface area contributed by atoms with Gasteiger partial charge in [0.2, 0.25) is 0 Å². The van der Waals surface area contributed by atoms with Crippen molar-refractivity contribution < 1.29 is 4.74 Å². The molecule has 0 amide bonds. The minimum Gasteiger partial charge on any atom is -0.496 e. The second-order valence-corrected chi connectivity index (χ2v) is 5.89. The lowest BCUT2D eigenvalue weighted by atomic mass is 10.1. The van der Waals surface area contributed by atoms with Gasteiger partial charge in [0, 0.05) is 24.4 Å². The monoisotopic (exact) mass is 291 g/mol. The van der Waals surface area contributed by atoms with Crippen LogP contribution in [-0.4, -0.2) is 16.9 Å².